The third kappa shape index (κ3) is 7.98. The third-order valence-electron chi connectivity index (χ3n) is 3.50. The van der Waals surface area contributed by atoms with E-state index in [0.29, 0.717) is 45.4 Å². The summed E-state index contributed by atoms with van der Waals surface area (Å²) < 4.78 is 15.4. The molecule has 2 N–H and O–H groups in total. The lowest BCUT2D eigenvalue weighted by molar-refractivity contribution is -0.139. The van der Waals surface area contributed by atoms with Crippen LogP contribution in [0.15, 0.2) is 36.4 Å². The van der Waals surface area contributed by atoms with Crippen LogP contribution in [0.3, 0.4) is 0 Å². The van der Waals surface area contributed by atoms with Gasteiger partial charge in [-0.05, 0) is 36.4 Å². The van der Waals surface area contributed by atoms with Crippen LogP contribution in [0.1, 0.15) is 0 Å². The first-order valence-corrected chi connectivity index (χ1v) is 9.60. The Bertz CT molecular complexity index is 864. The van der Waals surface area contributed by atoms with Crippen molar-refractivity contribution < 1.29 is 23.8 Å². The number of ether oxygens (including phenoxy) is 3. The molecule has 2 rings (SSSR count). The Balaban J connectivity index is 1.78. The van der Waals surface area contributed by atoms with Gasteiger partial charge in [-0.1, -0.05) is 34.8 Å². The van der Waals surface area contributed by atoms with Crippen molar-refractivity contribution in [3.8, 4) is 11.5 Å². The highest BCUT2D eigenvalue weighted by atomic mass is 35.5. The fraction of sp³-hybridized carbons (Fsp3) is 0.263. The predicted octanol–water partition coefficient (Wildman–Crippen LogP) is 3.81. The summed E-state index contributed by atoms with van der Waals surface area (Å²) in [5, 5.41) is 6.66. The van der Waals surface area contributed by atoms with Gasteiger partial charge in [-0.25, -0.2) is 0 Å². The maximum absolute atomic E-state index is 12.1. The lowest BCUT2D eigenvalue weighted by Gasteiger charge is -2.11. The fourth-order valence-electron chi connectivity index (χ4n) is 2.12. The summed E-state index contributed by atoms with van der Waals surface area (Å²) in [5.74, 6) is 0.0701. The van der Waals surface area contributed by atoms with Gasteiger partial charge in [0.2, 0.25) is 0 Å². The Morgan fingerprint density at radius 2 is 1.66 bits per heavy atom. The summed E-state index contributed by atoms with van der Waals surface area (Å²) >= 11 is 18.0. The molecule has 0 spiro atoms. The normalized spacial score (nSPS) is 10.3. The van der Waals surface area contributed by atoms with Crippen molar-refractivity contribution >= 4 is 52.4 Å². The molecule has 29 heavy (non-hydrogen) atoms. The van der Waals surface area contributed by atoms with E-state index >= 15 is 0 Å². The largest absolute Gasteiger partial charge is 0.491 e. The summed E-state index contributed by atoms with van der Waals surface area (Å²) in [4.78, 5) is 23.0. The highest BCUT2D eigenvalue weighted by Crippen LogP contribution is 2.29. The van der Waals surface area contributed by atoms with E-state index in [9.17, 15) is 9.59 Å². The zero-order chi connectivity index (χ0) is 21.2. The molecule has 0 radical (unpaired) electrons. The molecule has 0 saturated carbocycles. The minimum absolute atomic E-state index is 0.0991. The van der Waals surface area contributed by atoms with Crippen LogP contribution in [-0.2, 0) is 14.3 Å². The summed E-state index contributed by atoms with van der Waals surface area (Å²) in [5.41, 5.74) is 0.488. The zero-order valence-corrected chi connectivity index (χ0v) is 17.7. The topological polar surface area (TPSA) is 85.9 Å². The number of hydrogen-bond acceptors (Lipinski definition) is 6. The molecule has 0 saturated heterocycles. The van der Waals surface area contributed by atoms with Gasteiger partial charge in [0.1, 0.15) is 18.1 Å². The van der Waals surface area contributed by atoms with Gasteiger partial charge in [0.05, 0.1) is 23.7 Å². The SMILES string of the molecule is COC(=O)CNCCOc1ccc(NC(=O)COc2ccc(Cl)cc2Cl)cc1Cl. The number of benzene rings is 2. The van der Waals surface area contributed by atoms with Crippen LogP contribution in [0.2, 0.25) is 15.1 Å². The van der Waals surface area contributed by atoms with Crippen molar-refractivity contribution in [2.45, 2.75) is 0 Å². The number of carbonyl (C=O) groups excluding carboxylic acids is 2. The van der Waals surface area contributed by atoms with Crippen molar-refractivity contribution in [2.24, 2.45) is 0 Å². The molecule has 10 heteroatoms. The van der Waals surface area contributed by atoms with Crippen LogP contribution in [0, 0.1) is 0 Å². The molecule has 0 fully saturated rings. The molecule has 1 amide bonds. The van der Waals surface area contributed by atoms with E-state index in [1.807, 2.05) is 0 Å². The molecule has 0 aromatic heterocycles. The molecule has 0 aliphatic heterocycles. The van der Waals surface area contributed by atoms with Crippen molar-refractivity contribution in [1.29, 1.82) is 0 Å². The first-order valence-electron chi connectivity index (χ1n) is 8.46. The Morgan fingerprint density at radius 1 is 0.966 bits per heavy atom. The summed E-state index contributed by atoms with van der Waals surface area (Å²) in [6.07, 6.45) is 0. The molecular formula is C19H19Cl3N2O5. The fourth-order valence-corrected chi connectivity index (χ4v) is 2.82. The number of amides is 1. The molecule has 0 heterocycles. The monoisotopic (exact) mass is 460 g/mol. The Kier molecular flexibility index (Phi) is 9.34. The standard InChI is InChI=1S/C19H19Cl3N2O5/c1-27-19(26)10-23-6-7-28-16-5-3-13(9-15(16)22)24-18(25)11-29-17-4-2-12(20)8-14(17)21/h2-5,8-9,23H,6-7,10-11H2,1H3,(H,24,25). The smallest absolute Gasteiger partial charge is 0.319 e. The second-order valence-electron chi connectivity index (χ2n) is 5.66. The van der Waals surface area contributed by atoms with E-state index in [1.54, 1.807) is 30.3 Å². The lowest BCUT2D eigenvalue weighted by atomic mass is 10.3. The summed E-state index contributed by atoms with van der Waals surface area (Å²) in [6, 6.07) is 9.57. The van der Waals surface area contributed by atoms with Gasteiger partial charge < -0.3 is 24.8 Å². The van der Waals surface area contributed by atoms with Crippen LogP contribution in [-0.4, -0.2) is 45.3 Å². The molecule has 0 bridgehead atoms. The molecule has 7 nitrogen and oxygen atoms in total. The molecule has 2 aromatic carbocycles. The number of nitrogens with one attached hydrogen (secondary N) is 2. The second kappa shape index (κ2) is 11.7. The van der Waals surface area contributed by atoms with Crippen LogP contribution in [0.4, 0.5) is 5.69 Å². The van der Waals surface area contributed by atoms with Crippen molar-refractivity contribution in [3.63, 3.8) is 0 Å². The lowest BCUT2D eigenvalue weighted by Crippen LogP contribution is -2.28. The molecule has 0 aliphatic rings. The number of anilines is 1. The van der Waals surface area contributed by atoms with Gasteiger partial charge in [0.25, 0.3) is 5.91 Å². The van der Waals surface area contributed by atoms with Crippen molar-refractivity contribution in [1.82, 2.24) is 5.32 Å². The van der Waals surface area contributed by atoms with E-state index in [2.05, 4.69) is 15.4 Å². The van der Waals surface area contributed by atoms with E-state index in [4.69, 9.17) is 44.3 Å². The number of hydrogen-bond donors (Lipinski definition) is 2. The van der Waals surface area contributed by atoms with E-state index in [0.717, 1.165) is 0 Å². The van der Waals surface area contributed by atoms with Crippen LogP contribution < -0.4 is 20.1 Å². The Morgan fingerprint density at radius 3 is 2.34 bits per heavy atom. The molecule has 0 atom stereocenters. The Hall–Kier alpha value is -2.19. The average Bonchev–Trinajstić information content (AvgIpc) is 2.68. The van der Waals surface area contributed by atoms with Crippen LogP contribution in [0.25, 0.3) is 0 Å². The molecule has 0 aliphatic carbocycles. The highest BCUT2D eigenvalue weighted by molar-refractivity contribution is 6.35. The van der Waals surface area contributed by atoms with E-state index in [-0.39, 0.29) is 25.0 Å². The van der Waals surface area contributed by atoms with Crippen LogP contribution >= 0.6 is 34.8 Å². The molecule has 2 aromatic rings. The van der Waals surface area contributed by atoms with Gasteiger partial charge in [-0.2, -0.15) is 0 Å². The molecular weight excluding hydrogens is 443 g/mol. The summed E-state index contributed by atoms with van der Waals surface area (Å²) in [7, 11) is 1.32. The van der Waals surface area contributed by atoms with Gasteiger partial charge in [-0.3, -0.25) is 9.59 Å². The number of carbonyl (C=O) groups is 2. The predicted molar refractivity (Wildman–Crippen MR) is 112 cm³/mol. The third-order valence-corrected chi connectivity index (χ3v) is 4.33. The average molecular weight is 462 g/mol. The maximum atomic E-state index is 12.1. The minimum Gasteiger partial charge on any atom is -0.491 e. The maximum Gasteiger partial charge on any atom is 0.319 e. The molecule has 0 unspecified atom stereocenters. The van der Waals surface area contributed by atoms with Gasteiger partial charge in [0, 0.05) is 17.3 Å². The van der Waals surface area contributed by atoms with Crippen LogP contribution in [0.5, 0.6) is 11.5 Å². The second-order valence-corrected chi connectivity index (χ2v) is 6.91. The number of esters is 1. The summed E-state index contributed by atoms with van der Waals surface area (Å²) in [6.45, 7) is 0.609. The highest BCUT2D eigenvalue weighted by Gasteiger charge is 2.09. The van der Waals surface area contributed by atoms with E-state index < -0.39 is 0 Å². The van der Waals surface area contributed by atoms with Gasteiger partial charge in [-0.15, -0.1) is 0 Å². The van der Waals surface area contributed by atoms with Gasteiger partial charge >= 0.3 is 5.97 Å². The number of methoxy groups -OCH3 is 1. The quantitative estimate of drug-likeness (QED) is 0.413. The first-order chi connectivity index (χ1) is 13.9. The minimum atomic E-state index is -0.382. The zero-order valence-electron chi connectivity index (χ0n) is 15.5. The van der Waals surface area contributed by atoms with Crippen molar-refractivity contribution in [3.05, 3.63) is 51.5 Å². The molecule has 156 valence electrons. The number of rotatable bonds is 10. The van der Waals surface area contributed by atoms with Crippen molar-refractivity contribution in [2.75, 3.05) is 38.7 Å². The first kappa shape index (κ1) is 23.1. The van der Waals surface area contributed by atoms with E-state index in [1.165, 1.54) is 13.2 Å². The number of halogens is 3. The van der Waals surface area contributed by atoms with Gasteiger partial charge in [0.15, 0.2) is 6.61 Å². The Labute approximate surface area is 183 Å².